The van der Waals surface area contributed by atoms with Gasteiger partial charge >= 0.3 is 0 Å². The van der Waals surface area contributed by atoms with Crippen LogP contribution in [0.25, 0.3) is 28.1 Å². The van der Waals surface area contributed by atoms with Gasteiger partial charge in [-0.05, 0) is 54.9 Å². The predicted molar refractivity (Wildman–Crippen MR) is 141 cm³/mol. The summed E-state index contributed by atoms with van der Waals surface area (Å²) in [6.07, 6.45) is 4.94. The number of aliphatic hydroxyl groups excluding tert-OH is 2. The summed E-state index contributed by atoms with van der Waals surface area (Å²) >= 11 is 0. The van der Waals surface area contributed by atoms with E-state index in [9.17, 15) is 10.2 Å². The molecular weight excluding hydrogens is 625 g/mol. The molecule has 2 aliphatic carbocycles. The first-order chi connectivity index (χ1) is 17.0. The molecule has 0 saturated heterocycles. The number of rotatable bonds is 2. The van der Waals surface area contributed by atoms with Gasteiger partial charge in [0.15, 0.2) is 0 Å². The molecule has 4 unspecified atom stereocenters. The number of aliphatic hydroxyl groups is 2. The largest absolute Gasteiger partial charge is 0.393 e. The van der Waals surface area contributed by atoms with Crippen LogP contribution < -0.4 is 0 Å². The Bertz CT molecular complexity index is 1260. The van der Waals surface area contributed by atoms with Crippen LogP contribution in [0.4, 0.5) is 0 Å². The zero-order chi connectivity index (χ0) is 24.4. The normalized spacial score (nSPS) is 24.7. The van der Waals surface area contributed by atoms with Gasteiger partial charge in [0, 0.05) is 31.7 Å². The summed E-state index contributed by atoms with van der Waals surface area (Å²) in [6, 6.07) is 29.7. The van der Waals surface area contributed by atoms with Crippen LogP contribution in [-0.2, 0) is 20.1 Å². The zero-order valence-corrected chi connectivity index (χ0v) is 23.4. The monoisotopic (exact) mass is 660 g/mol. The standard InChI is InChI=1S/C19H13N2.C12H22O2.Ir/c1-3-9-15(10-4-1)19-20-17-13-7-8-14-18(17)21(19)16-11-5-2-6-12-16;1-12(2)7-8-5-3-4-6-9(13)10(8)11(12)14;/h1-9,11-14H;8-11,13-14H,3-7H2,1-2H3;/q-1;;. The van der Waals surface area contributed by atoms with E-state index in [1.807, 2.05) is 60.7 Å². The number of hydrogen-bond acceptors (Lipinski definition) is 3. The Kier molecular flexibility index (Phi) is 8.47. The fourth-order valence-corrected chi connectivity index (χ4v) is 6.06. The molecule has 1 radical (unpaired) electrons. The maximum absolute atomic E-state index is 10.2. The van der Waals surface area contributed by atoms with Crippen molar-refractivity contribution >= 4 is 11.0 Å². The molecule has 4 aromatic rings. The first-order valence-electron chi connectivity index (χ1n) is 12.8. The van der Waals surface area contributed by atoms with Crippen molar-refractivity contribution in [3.63, 3.8) is 0 Å². The molecule has 2 N–H and O–H groups in total. The van der Waals surface area contributed by atoms with Crippen LogP contribution in [-0.4, -0.2) is 32.0 Å². The van der Waals surface area contributed by atoms with Crippen LogP contribution in [0.5, 0.6) is 0 Å². The summed E-state index contributed by atoms with van der Waals surface area (Å²) in [4.78, 5) is 4.79. The summed E-state index contributed by atoms with van der Waals surface area (Å²) < 4.78 is 2.18. The van der Waals surface area contributed by atoms with Crippen LogP contribution in [0, 0.1) is 23.3 Å². The molecular formula is C31H35IrN2O2-. The Balaban J connectivity index is 0.000000178. The van der Waals surface area contributed by atoms with Gasteiger partial charge in [0.1, 0.15) is 0 Å². The zero-order valence-electron chi connectivity index (χ0n) is 21.0. The Morgan fingerprint density at radius 2 is 1.58 bits per heavy atom. The van der Waals surface area contributed by atoms with Crippen molar-refractivity contribution < 1.29 is 30.3 Å². The second-order valence-corrected chi connectivity index (χ2v) is 10.7. The molecule has 2 fully saturated rings. The van der Waals surface area contributed by atoms with E-state index in [1.165, 1.54) is 12.8 Å². The minimum atomic E-state index is -0.305. The molecule has 0 bridgehead atoms. The second-order valence-electron chi connectivity index (χ2n) is 10.7. The molecule has 36 heavy (non-hydrogen) atoms. The van der Waals surface area contributed by atoms with Crippen LogP contribution in [0.15, 0.2) is 78.9 Å². The van der Waals surface area contributed by atoms with Crippen molar-refractivity contribution in [2.75, 3.05) is 0 Å². The molecule has 1 heterocycles. The smallest absolute Gasteiger partial charge is 0.0774 e. The van der Waals surface area contributed by atoms with Gasteiger partial charge in [0.25, 0.3) is 0 Å². The van der Waals surface area contributed by atoms with E-state index in [1.54, 1.807) is 0 Å². The maximum atomic E-state index is 10.2. The second kappa shape index (κ2) is 11.4. The molecule has 3 aromatic carbocycles. The van der Waals surface area contributed by atoms with Crippen molar-refractivity contribution in [2.24, 2.45) is 17.3 Å². The summed E-state index contributed by atoms with van der Waals surface area (Å²) in [6.45, 7) is 4.25. The number of para-hydroxylation sites is 3. The summed E-state index contributed by atoms with van der Waals surface area (Å²) in [5.41, 5.74) is 4.22. The van der Waals surface area contributed by atoms with E-state index < -0.39 is 0 Å². The number of imidazole rings is 1. The first kappa shape index (κ1) is 26.8. The van der Waals surface area contributed by atoms with E-state index in [-0.39, 0.29) is 43.6 Å². The molecule has 0 aliphatic heterocycles. The van der Waals surface area contributed by atoms with Gasteiger partial charge in [-0.15, -0.1) is 35.9 Å². The first-order valence-corrected chi connectivity index (χ1v) is 12.8. The molecule has 5 heteroatoms. The molecule has 0 spiro atoms. The number of aromatic nitrogens is 2. The average Bonchev–Trinajstić information content (AvgIpc) is 3.30. The van der Waals surface area contributed by atoms with Gasteiger partial charge in [-0.2, -0.15) is 0 Å². The van der Waals surface area contributed by atoms with Gasteiger partial charge in [-0.1, -0.05) is 57.0 Å². The van der Waals surface area contributed by atoms with E-state index in [4.69, 9.17) is 4.98 Å². The topological polar surface area (TPSA) is 58.3 Å². The minimum Gasteiger partial charge on any atom is -0.393 e. The van der Waals surface area contributed by atoms with Gasteiger partial charge < -0.3 is 14.8 Å². The Labute approximate surface area is 227 Å². The predicted octanol–water partition coefficient (Wildman–Crippen LogP) is 6.43. The van der Waals surface area contributed by atoms with Gasteiger partial charge in [-0.25, -0.2) is 0 Å². The molecule has 2 aliphatic rings. The molecule has 0 amide bonds. The fraction of sp³-hybridized carbons (Fsp3) is 0.387. The quantitative estimate of drug-likeness (QED) is 0.244. The van der Waals surface area contributed by atoms with Crippen LogP contribution >= 0.6 is 0 Å². The SMILES string of the molecule is CC1(C)CC2CCCCC(O)C2C1O.[Ir].[c-]1ccccc1-c1nc2ccccc2n1-c1ccccc1. The molecule has 4 nitrogen and oxygen atoms in total. The summed E-state index contributed by atoms with van der Waals surface area (Å²) in [5.74, 6) is 1.62. The van der Waals surface area contributed by atoms with Crippen molar-refractivity contribution in [3.8, 4) is 17.1 Å². The van der Waals surface area contributed by atoms with Crippen LogP contribution in [0.1, 0.15) is 46.0 Å². The molecule has 1 aromatic heterocycles. The molecule has 6 rings (SSSR count). The van der Waals surface area contributed by atoms with Crippen molar-refractivity contribution in [2.45, 2.75) is 58.2 Å². The minimum absolute atomic E-state index is 0. The Hall–Kier alpha value is -2.30. The van der Waals surface area contributed by atoms with E-state index in [0.717, 1.165) is 47.4 Å². The van der Waals surface area contributed by atoms with E-state index in [2.05, 4.69) is 42.7 Å². The summed E-state index contributed by atoms with van der Waals surface area (Å²) in [7, 11) is 0. The number of hydrogen-bond donors (Lipinski definition) is 2. The summed E-state index contributed by atoms with van der Waals surface area (Å²) in [5, 5.41) is 20.2. The maximum Gasteiger partial charge on any atom is 0.0774 e. The van der Waals surface area contributed by atoms with E-state index >= 15 is 0 Å². The number of benzene rings is 3. The van der Waals surface area contributed by atoms with Gasteiger partial charge in [-0.3, -0.25) is 4.98 Å². The fourth-order valence-electron chi connectivity index (χ4n) is 6.06. The van der Waals surface area contributed by atoms with Crippen LogP contribution in [0.3, 0.4) is 0 Å². The van der Waals surface area contributed by atoms with Crippen LogP contribution in [0.2, 0.25) is 0 Å². The third-order valence-electron chi connectivity index (χ3n) is 7.79. The van der Waals surface area contributed by atoms with Gasteiger partial charge in [0.05, 0.1) is 29.1 Å². The van der Waals surface area contributed by atoms with E-state index in [0.29, 0.717) is 5.92 Å². The van der Waals surface area contributed by atoms with Crippen molar-refractivity contribution in [1.82, 2.24) is 9.55 Å². The molecule has 4 atom stereocenters. The van der Waals surface area contributed by atoms with Gasteiger partial charge in [0.2, 0.25) is 0 Å². The van der Waals surface area contributed by atoms with Crippen molar-refractivity contribution in [3.05, 3.63) is 84.9 Å². The van der Waals surface area contributed by atoms with Crippen molar-refractivity contribution in [1.29, 1.82) is 0 Å². The molecule has 191 valence electrons. The third kappa shape index (κ3) is 5.35. The Morgan fingerprint density at radius 1 is 0.889 bits per heavy atom. The number of nitrogens with zero attached hydrogens (tertiary/aromatic N) is 2. The average molecular weight is 660 g/mol. The molecule has 2 saturated carbocycles. The number of fused-ring (bicyclic) bond motifs is 2. The third-order valence-corrected chi connectivity index (χ3v) is 7.79. The Morgan fingerprint density at radius 3 is 2.33 bits per heavy atom.